The minimum Gasteiger partial charge on any atom is -0.496 e. The van der Waals surface area contributed by atoms with Gasteiger partial charge >= 0.3 is 0 Å². The number of carbonyl (C=O) groups is 2. The molecule has 0 saturated carbocycles. The molecule has 1 N–H and O–H groups in total. The Hall–Kier alpha value is -2.62. The van der Waals surface area contributed by atoms with Gasteiger partial charge in [-0.2, -0.15) is 0 Å². The molecular formula is C28H39NO3. The van der Waals surface area contributed by atoms with E-state index in [0.717, 1.165) is 28.9 Å². The fourth-order valence-corrected chi connectivity index (χ4v) is 3.92. The number of hydrogen-bond acceptors (Lipinski definition) is 3. The second-order valence-corrected chi connectivity index (χ2v) is 9.60. The van der Waals surface area contributed by atoms with Crippen molar-refractivity contribution in [2.24, 2.45) is 17.8 Å². The summed E-state index contributed by atoms with van der Waals surface area (Å²) in [7, 11) is 1.64. The summed E-state index contributed by atoms with van der Waals surface area (Å²) in [5.41, 5.74) is 4.33. The van der Waals surface area contributed by atoms with Crippen LogP contribution in [-0.2, 0) is 22.6 Å². The maximum absolute atomic E-state index is 13.0. The van der Waals surface area contributed by atoms with Crippen molar-refractivity contribution in [3.63, 3.8) is 0 Å². The first-order chi connectivity index (χ1) is 15.1. The van der Waals surface area contributed by atoms with Gasteiger partial charge in [-0.05, 0) is 53.5 Å². The van der Waals surface area contributed by atoms with Crippen molar-refractivity contribution in [2.45, 2.75) is 66.8 Å². The number of nitrogens with one attached hydrogen (secondary N) is 1. The summed E-state index contributed by atoms with van der Waals surface area (Å²) in [6, 6.07) is 14.2. The number of hydrogen-bond donors (Lipinski definition) is 1. The Labute approximate surface area is 193 Å². The number of carbonyl (C=O) groups excluding carboxylic acids is 2. The van der Waals surface area contributed by atoms with Crippen molar-refractivity contribution in [1.82, 2.24) is 5.32 Å². The lowest BCUT2D eigenvalue weighted by Gasteiger charge is -2.22. The molecule has 0 spiro atoms. The average Bonchev–Trinajstić information content (AvgIpc) is 2.75. The lowest BCUT2D eigenvalue weighted by atomic mass is 9.84. The van der Waals surface area contributed by atoms with Crippen LogP contribution in [0.15, 0.2) is 42.5 Å². The molecule has 0 aliphatic heterocycles. The van der Waals surface area contributed by atoms with Crippen LogP contribution in [0.25, 0.3) is 0 Å². The van der Waals surface area contributed by atoms with E-state index in [1.54, 1.807) is 7.11 Å². The SMILES string of the molecule is COc1cc(CNC(=O)[C@@H](CC(=O)C(C)c2ccc(CC(C)C)cc2)C(C)C)ccc1C. The molecule has 0 bridgehead atoms. The summed E-state index contributed by atoms with van der Waals surface area (Å²) in [6.07, 6.45) is 1.28. The van der Waals surface area contributed by atoms with Crippen molar-refractivity contribution in [3.05, 3.63) is 64.7 Å². The minimum absolute atomic E-state index is 0.0760. The van der Waals surface area contributed by atoms with Gasteiger partial charge in [-0.15, -0.1) is 0 Å². The van der Waals surface area contributed by atoms with E-state index in [-0.39, 0.29) is 35.9 Å². The van der Waals surface area contributed by atoms with Crippen molar-refractivity contribution in [1.29, 1.82) is 0 Å². The molecule has 1 amide bonds. The third-order valence-electron chi connectivity index (χ3n) is 6.11. The van der Waals surface area contributed by atoms with Crippen molar-refractivity contribution < 1.29 is 14.3 Å². The van der Waals surface area contributed by atoms with Gasteiger partial charge in [0.2, 0.25) is 5.91 Å². The lowest BCUT2D eigenvalue weighted by Crippen LogP contribution is -2.35. The van der Waals surface area contributed by atoms with E-state index in [2.05, 4.69) is 43.4 Å². The molecule has 0 heterocycles. The van der Waals surface area contributed by atoms with Crippen LogP contribution >= 0.6 is 0 Å². The zero-order valence-corrected chi connectivity index (χ0v) is 20.7. The van der Waals surface area contributed by atoms with Crippen LogP contribution in [0.2, 0.25) is 0 Å². The molecule has 0 saturated heterocycles. The maximum atomic E-state index is 13.0. The van der Waals surface area contributed by atoms with Gasteiger partial charge in [0, 0.05) is 24.8 Å². The Balaban J connectivity index is 2.00. The number of benzene rings is 2. The summed E-state index contributed by atoms with van der Waals surface area (Å²) < 4.78 is 5.37. The van der Waals surface area contributed by atoms with Gasteiger partial charge in [0.15, 0.2) is 0 Å². The predicted molar refractivity (Wildman–Crippen MR) is 131 cm³/mol. The molecule has 4 heteroatoms. The van der Waals surface area contributed by atoms with Gasteiger partial charge in [0.1, 0.15) is 11.5 Å². The fraction of sp³-hybridized carbons (Fsp3) is 0.500. The summed E-state index contributed by atoms with van der Waals surface area (Å²) in [6.45, 7) is 12.7. The van der Waals surface area contributed by atoms with E-state index in [1.807, 2.05) is 45.9 Å². The van der Waals surface area contributed by atoms with E-state index in [1.165, 1.54) is 5.56 Å². The minimum atomic E-state index is -0.350. The number of amides is 1. The predicted octanol–water partition coefficient (Wildman–Crippen LogP) is 5.85. The van der Waals surface area contributed by atoms with Crippen LogP contribution in [0.4, 0.5) is 0 Å². The van der Waals surface area contributed by atoms with Crippen molar-refractivity contribution in [2.75, 3.05) is 7.11 Å². The molecular weight excluding hydrogens is 398 g/mol. The van der Waals surface area contributed by atoms with Gasteiger partial charge in [-0.3, -0.25) is 9.59 Å². The summed E-state index contributed by atoms with van der Waals surface area (Å²) in [5.74, 6) is 0.940. The Morgan fingerprint density at radius 1 is 0.938 bits per heavy atom. The Morgan fingerprint density at radius 2 is 1.56 bits per heavy atom. The fourth-order valence-electron chi connectivity index (χ4n) is 3.92. The monoisotopic (exact) mass is 437 g/mol. The molecule has 2 atom stereocenters. The van der Waals surface area contributed by atoms with Gasteiger partial charge in [-0.1, -0.05) is 71.0 Å². The van der Waals surface area contributed by atoms with Gasteiger partial charge in [0.05, 0.1) is 7.11 Å². The van der Waals surface area contributed by atoms with E-state index in [0.29, 0.717) is 12.5 Å². The first-order valence-corrected chi connectivity index (χ1v) is 11.6. The highest BCUT2D eigenvalue weighted by Gasteiger charge is 2.27. The molecule has 4 nitrogen and oxygen atoms in total. The topological polar surface area (TPSA) is 55.4 Å². The van der Waals surface area contributed by atoms with E-state index < -0.39 is 0 Å². The quantitative estimate of drug-likeness (QED) is 0.479. The summed E-state index contributed by atoms with van der Waals surface area (Å²) >= 11 is 0. The summed E-state index contributed by atoms with van der Waals surface area (Å²) in [5, 5.41) is 3.01. The van der Waals surface area contributed by atoms with Crippen LogP contribution in [0.1, 0.15) is 69.2 Å². The zero-order valence-electron chi connectivity index (χ0n) is 20.7. The van der Waals surface area contributed by atoms with E-state index in [9.17, 15) is 9.59 Å². The zero-order chi connectivity index (χ0) is 23.8. The van der Waals surface area contributed by atoms with Gasteiger partial charge < -0.3 is 10.1 Å². The van der Waals surface area contributed by atoms with Crippen LogP contribution in [-0.4, -0.2) is 18.8 Å². The highest BCUT2D eigenvalue weighted by atomic mass is 16.5. The standard InChI is InChI=1S/C28H39NO3/c1-18(2)14-22-10-12-24(13-11-22)21(6)26(30)16-25(19(3)4)28(31)29-17-23-9-8-20(5)27(15-23)32-7/h8-13,15,18-19,21,25H,14,16-17H2,1-7H3,(H,29,31)/t21?,25-/m0/s1. The van der Waals surface area contributed by atoms with Crippen LogP contribution in [0, 0.1) is 24.7 Å². The second-order valence-electron chi connectivity index (χ2n) is 9.60. The third kappa shape index (κ3) is 7.22. The normalized spacial score (nSPS) is 13.2. The number of rotatable bonds is 11. The molecule has 1 unspecified atom stereocenters. The van der Waals surface area contributed by atoms with Gasteiger partial charge in [-0.25, -0.2) is 0 Å². The Morgan fingerprint density at radius 3 is 2.12 bits per heavy atom. The highest BCUT2D eigenvalue weighted by molar-refractivity contribution is 5.90. The van der Waals surface area contributed by atoms with Crippen LogP contribution < -0.4 is 10.1 Å². The molecule has 0 aromatic heterocycles. The smallest absolute Gasteiger partial charge is 0.224 e. The number of aryl methyl sites for hydroxylation is 1. The number of Topliss-reactive ketones (excluding diaryl/α,β-unsaturated/α-hetero) is 1. The average molecular weight is 438 g/mol. The first kappa shape index (κ1) is 25.6. The maximum Gasteiger partial charge on any atom is 0.224 e. The number of methoxy groups -OCH3 is 1. The van der Waals surface area contributed by atoms with E-state index in [4.69, 9.17) is 4.74 Å². The summed E-state index contributed by atoms with van der Waals surface area (Å²) in [4.78, 5) is 26.0. The molecule has 32 heavy (non-hydrogen) atoms. The van der Waals surface area contributed by atoms with Crippen LogP contribution in [0.5, 0.6) is 5.75 Å². The Bertz CT molecular complexity index is 899. The number of ketones is 1. The number of ether oxygens (including phenoxy) is 1. The first-order valence-electron chi connectivity index (χ1n) is 11.6. The van der Waals surface area contributed by atoms with Crippen LogP contribution in [0.3, 0.4) is 0 Å². The van der Waals surface area contributed by atoms with Crippen molar-refractivity contribution >= 4 is 11.7 Å². The lowest BCUT2D eigenvalue weighted by molar-refractivity contribution is -0.131. The largest absolute Gasteiger partial charge is 0.496 e. The molecule has 0 aliphatic rings. The van der Waals surface area contributed by atoms with Gasteiger partial charge in [0.25, 0.3) is 0 Å². The molecule has 174 valence electrons. The molecule has 0 aliphatic carbocycles. The highest BCUT2D eigenvalue weighted by Crippen LogP contribution is 2.25. The second kappa shape index (κ2) is 11.8. The van der Waals surface area contributed by atoms with Crippen molar-refractivity contribution in [3.8, 4) is 5.75 Å². The third-order valence-corrected chi connectivity index (χ3v) is 6.11. The molecule has 2 aromatic carbocycles. The Kier molecular flexibility index (Phi) is 9.49. The molecule has 0 radical (unpaired) electrons. The molecule has 2 rings (SSSR count). The molecule has 0 fully saturated rings. The van der Waals surface area contributed by atoms with E-state index >= 15 is 0 Å². The molecule has 2 aromatic rings.